The molecule has 3 unspecified atom stereocenters. The number of carbonyl (C=O) groups excluding carboxylic acids is 1. The van der Waals surface area contributed by atoms with Gasteiger partial charge in [0, 0.05) is 13.0 Å². The Kier molecular flexibility index (Phi) is 4.33. The second-order valence-electron chi connectivity index (χ2n) is 6.22. The summed E-state index contributed by atoms with van der Waals surface area (Å²) in [6.07, 6.45) is -1.08. The molecule has 126 valence electrons. The number of morpholine rings is 1. The van der Waals surface area contributed by atoms with Crippen LogP contribution in [0.3, 0.4) is 0 Å². The van der Waals surface area contributed by atoms with E-state index in [1.54, 1.807) is 17.0 Å². The molecule has 1 aromatic rings. The number of nitrogens with zero attached hydrogens (tertiary/aromatic N) is 1. The minimum Gasteiger partial charge on any atom is -0.367 e. The van der Waals surface area contributed by atoms with Crippen LogP contribution in [0.2, 0.25) is 0 Å². The van der Waals surface area contributed by atoms with Crippen molar-refractivity contribution in [2.45, 2.75) is 37.5 Å². The molecular weight excluding hydrogens is 309 g/mol. The molecule has 0 spiro atoms. The van der Waals surface area contributed by atoms with Gasteiger partial charge in [-0.15, -0.1) is 0 Å². The van der Waals surface area contributed by atoms with Crippen molar-refractivity contribution in [3.63, 3.8) is 0 Å². The van der Waals surface area contributed by atoms with Crippen molar-refractivity contribution in [3.8, 4) is 0 Å². The highest BCUT2D eigenvalue weighted by Crippen LogP contribution is 2.29. The van der Waals surface area contributed by atoms with Crippen LogP contribution >= 0.6 is 0 Å². The fourth-order valence-corrected chi connectivity index (χ4v) is 3.10. The Bertz CT molecular complexity index is 579. The van der Waals surface area contributed by atoms with Crippen molar-refractivity contribution in [2.75, 3.05) is 19.6 Å². The van der Waals surface area contributed by atoms with Gasteiger partial charge in [0.2, 0.25) is 5.91 Å². The van der Waals surface area contributed by atoms with Crippen LogP contribution < -0.4 is 5.32 Å². The van der Waals surface area contributed by atoms with Gasteiger partial charge in [-0.1, -0.05) is 12.1 Å². The Morgan fingerprint density at radius 3 is 2.61 bits per heavy atom. The molecule has 1 aromatic carbocycles. The number of ether oxygens (including phenoxy) is 1. The van der Waals surface area contributed by atoms with Gasteiger partial charge < -0.3 is 9.64 Å². The molecule has 0 bridgehead atoms. The molecule has 2 saturated heterocycles. The van der Waals surface area contributed by atoms with Gasteiger partial charge in [-0.2, -0.15) is 0 Å². The molecule has 2 aliphatic rings. The quantitative estimate of drug-likeness (QED) is 0.904. The van der Waals surface area contributed by atoms with Crippen molar-refractivity contribution >= 4 is 5.91 Å². The first kappa shape index (κ1) is 16.3. The Balaban J connectivity index is 1.70. The summed E-state index contributed by atoms with van der Waals surface area (Å²) in [6.45, 7) is 2.00. The molecule has 0 radical (unpaired) electrons. The Morgan fingerprint density at radius 1 is 1.30 bits per heavy atom. The molecule has 7 heteroatoms. The smallest absolute Gasteiger partial charge is 0.262 e. The van der Waals surface area contributed by atoms with Crippen LogP contribution in [-0.4, -0.2) is 48.5 Å². The van der Waals surface area contributed by atoms with Crippen LogP contribution in [0.25, 0.3) is 0 Å². The number of benzene rings is 1. The number of rotatable bonds is 2. The van der Waals surface area contributed by atoms with E-state index in [1.165, 1.54) is 12.1 Å². The van der Waals surface area contributed by atoms with E-state index in [-0.39, 0.29) is 30.5 Å². The van der Waals surface area contributed by atoms with Gasteiger partial charge in [-0.05, 0) is 24.6 Å². The summed E-state index contributed by atoms with van der Waals surface area (Å²) in [5.74, 6) is -3.51. The van der Waals surface area contributed by atoms with Gasteiger partial charge in [0.1, 0.15) is 11.9 Å². The van der Waals surface area contributed by atoms with Gasteiger partial charge in [0.25, 0.3) is 5.92 Å². The lowest BCUT2D eigenvalue weighted by molar-refractivity contribution is -0.147. The van der Waals surface area contributed by atoms with Crippen molar-refractivity contribution in [3.05, 3.63) is 35.6 Å². The summed E-state index contributed by atoms with van der Waals surface area (Å²) in [5, 5.41) is 2.59. The first-order chi connectivity index (χ1) is 10.8. The van der Waals surface area contributed by atoms with Crippen LogP contribution in [0.5, 0.6) is 0 Å². The van der Waals surface area contributed by atoms with E-state index in [0.29, 0.717) is 6.54 Å². The van der Waals surface area contributed by atoms with Crippen molar-refractivity contribution in [1.82, 2.24) is 10.2 Å². The predicted octanol–water partition coefficient (Wildman–Crippen LogP) is 2.11. The molecule has 3 rings (SSSR count). The van der Waals surface area contributed by atoms with Gasteiger partial charge >= 0.3 is 0 Å². The monoisotopic (exact) mass is 328 g/mol. The average Bonchev–Trinajstić information content (AvgIpc) is 2.86. The molecule has 2 fully saturated rings. The van der Waals surface area contributed by atoms with Gasteiger partial charge in [-0.3, -0.25) is 10.1 Å². The van der Waals surface area contributed by atoms with Crippen LogP contribution in [0.1, 0.15) is 25.0 Å². The van der Waals surface area contributed by atoms with Crippen molar-refractivity contribution in [2.24, 2.45) is 0 Å². The van der Waals surface area contributed by atoms with E-state index in [2.05, 4.69) is 5.32 Å². The molecule has 4 nitrogen and oxygen atoms in total. The number of hydrogen-bond donors (Lipinski definition) is 1. The fourth-order valence-electron chi connectivity index (χ4n) is 3.10. The van der Waals surface area contributed by atoms with Crippen molar-refractivity contribution in [1.29, 1.82) is 0 Å². The average molecular weight is 328 g/mol. The maximum Gasteiger partial charge on any atom is 0.262 e. The van der Waals surface area contributed by atoms with E-state index >= 15 is 0 Å². The van der Waals surface area contributed by atoms with Crippen LogP contribution in [0, 0.1) is 5.82 Å². The van der Waals surface area contributed by atoms with E-state index in [9.17, 15) is 18.0 Å². The minimum absolute atomic E-state index is 0.218. The fraction of sp³-hybridized carbons (Fsp3) is 0.562. The summed E-state index contributed by atoms with van der Waals surface area (Å²) < 4.78 is 45.4. The zero-order valence-electron chi connectivity index (χ0n) is 12.8. The number of amides is 1. The molecule has 2 heterocycles. The number of alkyl halides is 2. The lowest BCUT2D eigenvalue weighted by Gasteiger charge is -2.38. The largest absolute Gasteiger partial charge is 0.367 e. The molecule has 1 amide bonds. The third-order valence-electron chi connectivity index (χ3n) is 4.22. The van der Waals surface area contributed by atoms with Gasteiger partial charge in [-0.25, -0.2) is 13.2 Å². The molecule has 1 N–H and O–H groups in total. The standard InChI is InChI=1S/C16H19F3N2O2/c1-10-7-21(15(22)13-6-16(18,19)9-20-13)8-14(23-10)11-2-4-12(17)5-3-11/h2-5,10,13-14,20H,6-9H2,1H3. The molecule has 23 heavy (non-hydrogen) atoms. The first-order valence-electron chi connectivity index (χ1n) is 7.65. The lowest BCUT2D eigenvalue weighted by atomic mass is 10.1. The highest BCUT2D eigenvalue weighted by molar-refractivity contribution is 5.82. The SMILES string of the molecule is CC1CN(C(=O)C2CC(F)(F)CN2)CC(c2ccc(F)cc2)O1. The summed E-state index contributed by atoms with van der Waals surface area (Å²) in [5.41, 5.74) is 0.764. The second kappa shape index (κ2) is 6.13. The van der Waals surface area contributed by atoms with E-state index in [1.807, 2.05) is 6.92 Å². The Labute approximate surface area is 132 Å². The molecule has 0 aliphatic carbocycles. The third kappa shape index (κ3) is 3.67. The van der Waals surface area contributed by atoms with Crippen LogP contribution in [-0.2, 0) is 9.53 Å². The second-order valence-corrected chi connectivity index (χ2v) is 6.22. The maximum absolute atomic E-state index is 13.3. The maximum atomic E-state index is 13.3. The van der Waals surface area contributed by atoms with E-state index in [0.717, 1.165) is 5.56 Å². The topological polar surface area (TPSA) is 41.6 Å². The Hall–Kier alpha value is -1.60. The molecular formula is C16H19F3N2O2. The van der Waals surface area contributed by atoms with Crippen LogP contribution in [0.4, 0.5) is 13.2 Å². The van der Waals surface area contributed by atoms with E-state index in [4.69, 9.17) is 4.74 Å². The highest BCUT2D eigenvalue weighted by atomic mass is 19.3. The molecule has 0 aromatic heterocycles. The summed E-state index contributed by atoms with van der Waals surface area (Å²) in [7, 11) is 0. The number of hydrogen-bond acceptors (Lipinski definition) is 3. The van der Waals surface area contributed by atoms with Crippen molar-refractivity contribution < 1.29 is 22.7 Å². The van der Waals surface area contributed by atoms with Gasteiger partial charge in [0.15, 0.2) is 0 Å². The third-order valence-corrected chi connectivity index (χ3v) is 4.22. The summed E-state index contributed by atoms with van der Waals surface area (Å²) >= 11 is 0. The normalized spacial score (nSPS) is 30.4. The molecule has 3 atom stereocenters. The zero-order chi connectivity index (χ0) is 16.6. The van der Waals surface area contributed by atoms with Gasteiger partial charge in [0.05, 0.1) is 25.2 Å². The summed E-state index contributed by atoms with van der Waals surface area (Å²) in [6, 6.07) is 5.04. The minimum atomic E-state index is -2.84. The number of carbonyl (C=O) groups is 1. The lowest BCUT2D eigenvalue weighted by Crippen LogP contribution is -2.51. The van der Waals surface area contributed by atoms with E-state index < -0.39 is 24.9 Å². The predicted molar refractivity (Wildman–Crippen MR) is 77.6 cm³/mol. The Morgan fingerprint density at radius 2 is 2.00 bits per heavy atom. The highest BCUT2D eigenvalue weighted by Gasteiger charge is 2.44. The molecule has 2 aliphatic heterocycles. The number of nitrogens with one attached hydrogen (secondary N) is 1. The molecule has 0 saturated carbocycles. The first-order valence-corrected chi connectivity index (χ1v) is 7.65. The number of halogens is 3. The summed E-state index contributed by atoms with van der Waals surface area (Å²) in [4.78, 5) is 14.0. The zero-order valence-corrected chi connectivity index (χ0v) is 12.8. The van der Waals surface area contributed by atoms with Crippen LogP contribution in [0.15, 0.2) is 24.3 Å².